The molecule has 106 valence electrons. The van der Waals surface area contributed by atoms with Gasteiger partial charge in [-0.2, -0.15) is 5.26 Å². The van der Waals surface area contributed by atoms with Gasteiger partial charge in [-0.05, 0) is 37.5 Å². The van der Waals surface area contributed by atoms with Gasteiger partial charge in [-0.1, -0.05) is 13.0 Å². The predicted molar refractivity (Wildman–Crippen MR) is 76.2 cm³/mol. The minimum absolute atomic E-state index is 0.164. The highest BCUT2D eigenvalue weighted by Crippen LogP contribution is 2.17. The van der Waals surface area contributed by atoms with E-state index in [0.29, 0.717) is 17.9 Å². The van der Waals surface area contributed by atoms with Crippen molar-refractivity contribution in [3.63, 3.8) is 0 Å². The van der Waals surface area contributed by atoms with Crippen LogP contribution in [0.3, 0.4) is 0 Å². The second-order valence-electron chi connectivity index (χ2n) is 5.21. The molecule has 1 aromatic rings. The normalized spacial score (nSPS) is 18.7. The van der Waals surface area contributed by atoms with Crippen molar-refractivity contribution in [2.75, 3.05) is 19.7 Å². The molecule has 1 atom stereocenters. The number of benzene rings is 1. The van der Waals surface area contributed by atoms with Crippen molar-refractivity contribution in [3.8, 4) is 11.8 Å². The topological polar surface area (TPSA) is 53.3 Å². The average molecular weight is 272 g/mol. The number of likely N-dealkylation sites (tertiary alicyclic amines) is 1. The highest BCUT2D eigenvalue weighted by Gasteiger charge is 2.24. The molecular weight excluding hydrogens is 252 g/mol. The van der Waals surface area contributed by atoms with Crippen LogP contribution in [0.15, 0.2) is 24.3 Å². The van der Waals surface area contributed by atoms with Crippen LogP contribution >= 0.6 is 0 Å². The van der Waals surface area contributed by atoms with Gasteiger partial charge in [0.05, 0.1) is 18.2 Å². The molecule has 1 amide bonds. The summed E-state index contributed by atoms with van der Waals surface area (Å²) in [5, 5.41) is 8.81. The Kier molecular flexibility index (Phi) is 5.00. The van der Waals surface area contributed by atoms with Crippen molar-refractivity contribution in [1.29, 1.82) is 5.26 Å². The molecule has 4 nitrogen and oxygen atoms in total. The Balaban J connectivity index is 1.73. The molecule has 0 aliphatic carbocycles. The lowest BCUT2D eigenvalue weighted by molar-refractivity contribution is -0.137. The van der Waals surface area contributed by atoms with Gasteiger partial charge >= 0.3 is 0 Å². The molecule has 1 aromatic carbocycles. The van der Waals surface area contributed by atoms with Crippen LogP contribution < -0.4 is 4.74 Å². The van der Waals surface area contributed by atoms with Crippen LogP contribution in [0.1, 0.15) is 31.7 Å². The molecule has 1 unspecified atom stereocenters. The van der Waals surface area contributed by atoms with Gasteiger partial charge in [0.25, 0.3) is 0 Å². The quantitative estimate of drug-likeness (QED) is 0.774. The average Bonchev–Trinajstić information content (AvgIpc) is 2.48. The Morgan fingerprint density at radius 1 is 1.50 bits per heavy atom. The first-order valence-corrected chi connectivity index (χ1v) is 7.12. The molecule has 2 rings (SSSR count). The Bertz CT molecular complexity index is 507. The van der Waals surface area contributed by atoms with Gasteiger partial charge in [0.15, 0.2) is 0 Å². The largest absolute Gasteiger partial charge is 0.493 e. The maximum atomic E-state index is 11.9. The van der Waals surface area contributed by atoms with E-state index in [1.807, 2.05) is 24.0 Å². The molecule has 4 heteroatoms. The standard InChI is InChI=1S/C16H20N2O2/c1-13-5-3-8-18(16(13)19)9-4-10-20-15-7-2-6-14(11-15)12-17/h2,6-7,11,13H,3-5,8-10H2,1H3. The lowest BCUT2D eigenvalue weighted by Gasteiger charge is -2.30. The van der Waals surface area contributed by atoms with Crippen molar-refractivity contribution >= 4 is 5.91 Å². The first-order valence-electron chi connectivity index (χ1n) is 7.12. The zero-order chi connectivity index (χ0) is 14.4. The number of carbonyl (C=O) groups is 1. The third-order valence-corrected chi connectivity index (χ3v) is 3.60. The molecule has 1 fully saturated rings. The summed E-state index contributed by atoms with van der Waals surface area (Å²) in [7, 11) is 0. The lowest BCUT2D eigenvalue weighted by atomic mass is 9.99. The highest BCUT2D eigenvalue weighted by atomic mass is 16.5. The van der Waals surface area contributed by atoms with Gasteiger partial charge in [0.2, 0.25) is 5.91 Å². The fourth-order valence-corrected chi connectivity index (χ4v) is 2.46. The number of ether oxygens (including phenoxy) is 1. The second-order valence-corrected chi connectivity index (χ2v) is 5.21. The molecule has 1 aliphatic rings. The number of piperidine rings is 1. The fourth-order valence-electron chi connectivity index (χ4n) is 2.46. The van der Waals surface area contributed by atoms with Gasteiger partial charge in [-0.25, -0.2) is 0 Å². The molecule has 0 N–H and O–H groups in total. The molecule has 1 heterocycles. The number of amides is 1. The number of nitrogens with zero attached hydrogens (tertiary/aromatic N) is 2. The van der Waals surface area contributed by atoms with E-state index in [-0.39, 0.29) is 11.8 Å². The van der Waals surface area contributed by atoms with E-state index < -0.39 is 0 Å². The first kappa shape index (κ1) is 14.4. The van der Waals surface area contributed by atoms with Gasteiger partial charge in [0.1, 0.15) is 5.75 Å². The summed E-state index contributed by atoms with van der Waals surface area (Å²) in [6.45, 7) is 4.18. The first-order chi connectivity index (χ1) is 9.70. The Morgan fingerprint density at radius 3 is 3.15 bits per heavy atom. The predicted octanol–water partition coefficient (Wildman–Crippen LogP) is 2.59. The van der Waals surface area contributed by atoms with Gasteiger partial charge in [0, 0.05) is 19.0 Å². The molecule has 20 heavy (non-hydrogen) atoms. The van der Waals surface area contributed by atoms with Crippen molar-refractivity contribution in [2.24, 2.45) is 5.92 Å². The Morgan fingerprint density at radius 2 is 2.35 bits per heavy atom. The van der Waals surface area contributed by atoms with Crippen molar-refractivity contribution in [1.82, 2.24) is 4.90 Å². The number of rotatable bonds is 5. The van der Waals surface area contributed by atoms with Crippen LogP contribution in [0.5, 0.6) is 5.75 Å². The summed E-state index contributed by atoms with van der Waals surface area (Å²) in [5.41, 5.74) is 0.600. The number of carbonyl (C=O) groups excluding carboxylic acids is 1. The summed E-state index contributed by atoms with van der Waals surface area (Å²) in [6, 6.07) is 9.22. The van der Waals surface area contributed by atoms with Crippen LogP contribution in [0.25, 0.3) is 0 Å². The zero-order valence-corrected chi connectivity index (χ0v) is 11.8. The number of hydrogen-bond acceptors (Lipinski definition) is 3. The third-order valence-electron chi connectivity index (χ3n) is 3.60. The van der Waals surface area contributed by atoms with Crippen molar-refractivity contribution in [3.05, 3.63) is 29.8 Å². The number of nitriles is 1. The molecule has 0 aromatic heterocycles. The van der Waals surface area contributed by atoms with E-state index in [2.05, 4.69) is 6.07 Å². The molecule has 1 aliphatic heterocycles. The maximum absolute atomic E-state index is 11.9. The van der Waals surface area contributed by atoms with Crippen molar-refractivity contribution < 1.29 is 9.53 Å². The smallest absolute Gasteiger partial charge is 0.225 e. The molecular formula is C16H20N2O2. The minimum atomic E-state index is 0.164. The zero-order valence-electron chi connectivity index (χ0n) is 11.8. The van der Waals surface area contributed by atoms with Crippen LogP contribution in [0.2, 0.25) is 0 Å². The molecule has 1 saturated heterocycles. The van der Waals surface area contributed by atoms with E-state index in [1.54, 1.807) is 12.1 Å². The Labute approximate surface area is 120 Å². The fraction of sp³-hybridized carbons (Fsp3) is 0.500. The second kappa shape index (κ2) is 6.95. The van der Waals surface area contributed by atoms with Gasteiger partial charge < -0.3 is 9.64 Å². The van der Waals surface area contributed by atoms with E-state index in [4.69, 9.17) is 10.00 Å². The monoisotopic (exact) mass is 272 g/mol. The van der Waals surface area contributed by atoms with E-state index in [1.165, 1.54) is 0 Å². The van der Waals surface area contributed by atoms with Crippen LogP contribution in [0.4, 0.5) is 0 Å². The Hall–Kier alpha value is -2.02. The van der Waals surface area contributed by atoms with Crippen molar-refractivity contribution in [2.45, 2.75) is 26.2 Å². The minimum Gasteiger partial charge on any atom is -0.493 e. The molecule has 0 radical (unpaired) electrons. The molecule has 0 saturated carbocycles. The maximum Gasteiger partial charge on any atom is 0.225 e. The summed E-state index contributed by atoms with van der Waals surface area (Å²) < 4.78 is 5.61. The van der Waals surface area contributed by atoms with E-state index >= 15 is 0 Å². The van der Waals surface area contributed by atoms with Crippen LogP contribution in [0, 0.1) is 17.2 Å². The third kappa shape index (κ3) is 3.74. The summed E-state index contributed by atoms with van der Waals surface area (Å²) in [6.07, 6.45) is 2.92. The molecule has 0 spiro atoms. The summed E-state index contributed by atoms with van der Waals surface area (Å²) in [4.78, 5) is 13.9. The SMILES string of the molecule is CC1CCCN(CCCOc2cccc(C#N)c2)C1=O. The summed E-state index contributed by atoms with van der Waals surface area (Å²) in [5.74, 6) is 1.14. The van der Waals surface area contributed by atoms with Gasteiger partial charge in [-0.3, -0.25) is 4.79 Å². The summed E-state index contributed by atoms with van der Waals surface area (Å²) >= 11 is 0. The van der Waals surface area contributed by atoms with E-state index in [0.717, 1.165) is 32.4 Å². The lowest BCUT2D eigenvalue weighted by Crippen LogP contribution is -2.41. The van der Waals surface area contributed by atoms with Crippen LogP contribution in [-0.4, -0.2) is 30.5 Å². The molecule has 0 bridgehead atoms. The number of hydrogen-bond donors (Lipinski definition) is 0. The van der Waals surface area contributed by atoms with Crippen LogP contribution in [-0.2, 0) is 4.79 Å². The highest BCUT2D eigenvalue weighted by molar-refractivity contribution is 5.79. The van der Waals surface area contributed by atoms with Gasteiger partial charge in [-0.15, -0.1) is 0 Å². The van der Waals surface area contributed by atoms with E-state index in [9.17, 15) is 4.79 Å².